The number of rotatable bonds is 2. The minimum atomic E-state index is 0.672. The van der Waals surface area contributed by atoms with Gasteiger partial charge in [-0.05, 0) is 6.07 Å². The van der Waals surface area contributed by atoms with Gasteiger partial charge in [-0.15, -0.1) is 10.2 Å². The van der Waals surface area contributed by atoms with Crippen LogP contribution in [0.4, 0.5) is 0 Å². The number of nitrogens with zero attached hydrogens (tertiary/aromatic N) is 6. The van der Waals surface area contributed by atoms with Gasteiger partial charge >= 0.3 is 0 Å². The Labute approximate surface area is 128 Å². The van der Waals surface area contributed by atoms with Crippen LogP contribution in [-0.2, 0) is 7.05 Å². The summed E-state index contributed by atoms with van der Waals surface area (Å²) in [4.78, 5) is 0.726. The van der Waals surface area contributed by atoms with E-state index in [1.807, 2.05) is 37.5 Å². The van der Waals surface area contributed by atoms with E-state index in [1.54, 1.807) is 15.4 Å². The van der Waals surface area contributed by atoms with E-state index >= 15 is 0 Å². The summed E-state index contributed by atoms with van der Waals surface area (Å²) < 4.78 is 3.44. The summed E-state index contributed by atoms with van der Waals surface area (Å²) in [7, 11) is 1.86. The lowest BCUT2D eigenvalue weighted by molar-refractivity contribution is 0.768. The Bertz CT molecular complexity index is 937. The highest BCUT2D eigenvalue weighted by atomic mass is 35.5. The number of halogens is 1. The molecule has 0 atom stereocenters. The van der Waals surface area contributed by atoms with Gasteiger partial charge in [0.05, 0.1) is 16.8 Å². The average molecular weight is 317 g/mol. The minimum absolute atomic E-state index is 0.672. The van der Waals surface area contributed by atoms with Gasteiger partial charge in [-0.25, -0.2) is 0 Å². The van der Waals surface area contributed by atoms with Gasteiger partial charge in [-0.2, -0.15) is 14.7 Å². The Morgan fingerprint density at radius 2 is 2.05 bits per heavy atom. The third-order valence-electron chi connectivity index (χ3n) is 3.06. The van der Waals surface area contributed by atoms with E-state index in [1.165, 1.54) is 11.3 Å². The van der Waals surface area contributed by atoms with Gasteiger partial charge in [0.25, 0.3) is 0 Å². The fraction of sp³-hybridized carbons (Fsp3) is 0.0769. The molecule has 0 amide bonds. The monoisotopic (exact) mass is 316 g/mol. The molecule has 0 saturated carbocycles. The molecule has 4 aromatic rings. The summed E-state index contributed by atoms with van der Waals surface area (Å²) in [5.74, 6) is 0.674. The first-order chi connectivity index (χ1) is 10.2. The molecule has 0 spiro atoms. The second-order valence-corrected chi connectivity index (χ2v) is 5.87. The number of hydrogen-bond donors (Lipinski definition) is 0. The van der Waals surface area contributed by atoms with Crippen molar-refractivity contribution >= 4 is 27.9 Å². The maximum atomic E-state index is 6.22. The molecular weight excluding hydrogens is 308 g/mol. The van der Waals surface area contributed by atoms with Gasteiger partial charge in [0.2, 0.25) is 4.96 Å². The molecule has 0 bridgehead atoms. The zero-order valence-electron chi connectivity index (χ0n) is 10.9. The third-order valence-corrected chi connectivity index (χ3v) is 4.32. The van der Waals surface area contributed by atoms with Crippen molar-refractivity contribution in [2.75, 3.05) is 0 Å². The molecule has 3 aromatic heterocycles. The van der Waals surface area contributed by atoms with E-state index < -0.39 is 0 Å². The van der Waals surface area contributed by atoms with Gasteiger partial charge in [0.15, 0.2) is 5.82 Å². The molecule has 1 aromatic carbocycles. The van der Waals surface area contributed by atoms with E-state index in [-0.39, 0.29) is 0 Å². The molecule has 8 heteroatoms. The second kappa shape index (κ2) is 4.64. The predicted molar refractivity (Wildman–Crippen MR) is 81.3 cm³/mol. The van der Waals surface area contributed by atoms with Crippen molar-refractivity contribution in [1.29, 1.82) is 0 Å². The summed E-state index contributed by atoms with van der Waals surface area (Å²) in [5.41, 5.74) is 1.77. The van der Waals surface area contributed by atoms with E-state index in [9.17, 15) is 0 Å². The number of aromatic nitrogens is 6. The van der Waals surface area contributed by atoms with Crippen molar-refractivity contribution in [3.63, 3.8) is 0 Å². The highest BCUT2D eigenvalue weighted by Crippen LogP contribution is 2.32. The van der Waals surface area contributed by atoms with Crippen LogP contribution in [0.2, 0.25) is 5.02 Å². The van der Waals surface area contributed by atoms with Crippen molar-refractivity contribution in [2.45, 2.75) is 0 Å². The summed E-state index contributed by atoms with van der Waals surface area (Å²) in [6, 6.07) is 7.62. The Hall–Kier alpha value is -2.25. The normalized spacial score (nSPS) is 11.3. The standard InChI is InChI=1S/C13H9ClN6S/c1-19-7-8(6-15-19)11-16-17-13-20(11)18-12(21-13)9-4-2-3-5-10(9)14/h2-7H,1H3. The molecule has 0 unspecified atom stereocenters. The lowest BCUT2D eigenvalue weighted by Gasteiger charge is -1.97. The van der Waals surface area contributed by atoms with Crippen molar-refractivity contribution in [2.24, 2.45) is 7.05 Å². The molecule has 3 heterocycles. The van der Waals surface area contributed by atoms with E-state index in [2.05, 4.69) is 20.4 Å². The maximum Gasteiger partial charge on any atom is 0.235 e. The van der Waals surface area contributed by atoms with Crippen LogP contribution >= 0.6 is 22.9 Å². The maximum absolute atomic E-state index is 6.22. The Morgan fingerprint density at radius 3 is 2.81 bits per heavy atom. The smallest absolute Gasteiger partial charge is 0.235 e. The van der Waals surface area contributed by atoms with Crippen molar-refractivity contribution in [3.05, 3.63) is 41.7 Å². The molecule has 0 aliphatic carbocycles. The number of benzene rings is 1. The predicted octanol–water partition coefficient (Wildman–Crippen LogP) is 2.91. The number of hydrogen-bond acceptors (Lipinski definition) is 5. The highest BCUT2D eigenvalue weighted by Gasteiger charge is 2.16. The summed E-state index contributed by atoms with van der Waals surface area (Å²) in [6.45, 7) is 0. The molecule has 0 fully saturated rings. The van der Waals surface area contributed by atoms with Gasteiger partial charge in [0.1, 0.15) is 5.01 Å². The molecular formula is C13H9ClN6S. The first kappa shape index (κ1) is 12.5. The first-order valence-electron chi connectivity index (χ1n) is 6.18. The van der Waals surface area contributed by atoms with Crippen LogP contribution in [0, 0.1) is 0 Å². The molecule has 104 valence electrons. The van der Waals surface area contributed by atoms with Gasteiger partial charge < -0.3 is 0 Å². The van der Waals surface area contributed by atoms with Gasteiger partial charge in [-0.1, -0.05) is 41.1 Å². The van der Waals surface area contributed by atoms with Crippen LogP contribution in [0.15, 0.2) is 36.7 Å². The molecule has 0 saturated heterocycles. The summed E-state index contributed by atoms with van der Waals surface area (Å²) in [5, 5.41) is 18.6. The lowest BCUT2D eigenvalue weighted by Crippen LogP contribution is -1.90. The number of aryl methyl sites for hydroxylation is 1. The molecule has 6 nitrogen and oxygen atoms in total. The molecule has 0 aliphatic rings. The van der Waals surface area contributed by atoms with Crippen molar-refractivity contribution < 1.29 is 0 Å². The number of fused-ring (bicyclic) bond motifs is 1. The zero-order valence-corrected chi connectivity index (χ0v) is 12.5. The Kier molecular flexibility index (Phi) is 2.76. The zero-order chi connectivity index (χ0) is 14.4. The van der Waals surface area contributed by atoms with Crippen LogP contribution in [-0.4, -0.2) is 29.6 Å². The lowest BCUT2D eigenvalue weighted by atomic mass is 10.2. The van der Waals surface area contributed by atoms with E-state index in [0.717, 1.165) is 21.1 Å². The SMILES string of the molecule is Cn1cc(-c2nnc3sc(-c4ccccc4Cl)nn23)cn1. The molecule has 0 radical (unpaired) electrons. The summed E-state index contributed by atoms with van der Waals surface area (Å²) in [6.07, 6.45) is 3.62. The largest absolute Gasteiger partial charge is 0.275 e. The third kappa shape index (κ3) is 2.01. The van der Waals surface area contributed by atoms with E-state index in [0.29, 0.717) is 10.8 Å². The Balaban J connectivity index is 1.88. The quantitative estimate of drug-likeness (QED) is 0.570. The van der Waals surface area contributed by atoms with Crippen LogP contribution in [0.1, 0.15) is 0 Å². The highest BCUT2D eigenvalue weighted by molar-refractivity contribution is 7.19. The van der Waals surface area contributed by atoms with Gasteiger partial charge in [0, 0.05) is 18.8 Å². The summed E-state index contributed by atoms with van der Waals surface area (Å²) >= 11 is 7.67. The van der Waals surface area contributed by atoms with Crippen molar-refractivity contribution in [3.8, 4) is 22.0 Å². The minimum Gasteiger partial charge on any atom is -0.275 e. The molecule has 0 N–H and O–H groups in total. The molecule has 0 aliphatic heterocycles. The van der Waals surface area contributed by atoms with Crippen LogP contribution in [0.5, 0.6) is 0 Å². The van der Waals surface area contributed by atoms with Crippen LogP contribution < -0.4 is 0 Å². The molecule has 4 rings (SSSR count). The van der Waals surface area contributed by atoms with Crippen LogP contribution in [0.25, 0.3) is 26.9 Å². The second-order valence-electron chi connectivity index (χ2n) is 4.51. The van der Waals surface area contributed by atoms with Crippen molar-refractivity contribution in [1.82, 2.24) is 29.6 Å². The Morgan fingerprint density at radius 1 is 1.19 bits per heavy atom. The fourth-order valence-corrected chi connectivity index (χ4v) is 3.24. The first-order valence-corrected chi connectivity index (χ1v) is 7.38. The van der Waals surface area contributed by atoms with E-state index in [4.69, 9.17) is 11.6 Å². The molecule has 21 heavy (non-hydrogen) atoms. The fourth-order valence-electron chi connectivity index (χ4n) is 2.08. The van der Waals surface area contributed by atoms with Gasteiger partial charge in [-0.3, -0.25) is 4.68 Å². The van der Waals surface area contributed by atoms with Crippen LogP contribution in [0.3, 0.4) is 0 Å². The topological polar surface area (TPSA) is 60.9 Å². The average Bonchev–Trinajstić information content (AvgIpc) is 3.14.